The predicted molar refractivity (Wildman–Crippen MR) is 378 cm³/mol. The minimum Gasteiger partial charge on any atom is -0.490 e. The van der Waals surface area contributed by atoms with Gasteiger partial charge in [0.1, 0.15) is 37.3 Å². The maximum Gasteiger partial charge on any atom is 0.418 e. The van der Waals surface area contributed by atoms with E-state index in [0.29, 0.717) is 74.1 Å². The lowest BCUT2D eigenvalue weighted by molar-refractivity contribution is 0.00252. The number of hydrogen-bond donors (Lipinski definition) is 0. The van der Waals surface area contributed by atoms with Gasteiger partial charge >= 0.3 is 18.3 Å². The number of nitrogens with zero attached hydrogens (tertiary/aromatic N) is 3. The molecule has 15 nitrogen and oxygen atoms in total. The van der Waals surface area contributed by atoms with Gasteiger partial charge in [0, 0.05) is 18.2 Å². The van der Waals surface area contributed by atoms with E-state index in [-0.39, 0.29) is 37.3 Å². The molecule has 1 aliphatic heterocycles. The first-order valence-corrected chi connectivity index (χ1v) is 37.8. The van der Waals surface area contributed by atoms with Crippen LogP contribution in [0.3, 0.4) is 0 Å². The summed E-state index contributed by atoms with van der Waals surface area (Å²) in [5.74, 6) is 3.90. The Labute approximate surface area is 564 Å². The van der Waals surface area contributed by atoms with Crippen molar-refractivity contribution in [3.63, 3.8) is 0 Å². The van der Waals surface area contributed by atoms with E-state index in [1.165, 1.54) is 188 Å². The first-order chi connectivity index (χ1) is 45.7. The topological polar surface area (TPSA) is 144 Å². The maximum absolute atomic E-state index is 14.5. The third-order valence-electron chi connectivity index (χ3n) is 17.2. The van der Waals surface area contributed by atoms with Crippen molar-refractivity contribution < 1.29 is 57.0 Å². The van der Waals surface area contributed by atoms with E-state index in [2.05, 4.69) is 41.5 Å². The van der Waals surface area contributed by atoms with Crippen molar-refractivity contribution in [3.8, 4) is 51.7 Å². The molecule has 1 fully saturated rings. The van der Waals surface area contributed by atoms with Crippen molar-refractivity contribution in [1.29, 1.82) is 0 Å². The molecule has 1 saturated heterocycles. The SMILES string of the molecule is CCCCCCCCCOc1ccc(OC(=O)N2CN(C(=O)Oc3ccc(OCCCCCCCCC)c(OCCCCCCCCC)c3)CN(C(=O)Oc3ccc(OCCCCCCCCC)c(OCCCCCCCCC)c3)C2)cc1OCCCCCCCCC. The highest BCUT2D eigenvalue weighted by Gasteiger charge is 2.35. The van der Waals surface area contributed by atoms with Crippen molar-refractivity contribution in [3.05, 3.63) is 54.6 Å². The summed E-state index contributed by atoms with van der Waals surface area (Å²) in [7, 11) is 0. The van der Waals surface area contributed by atoms with Crippen LogP contribution in [-0.2, 0) is 0 Å². The van der Waals surface area contributed by atoms with Crippen LogP contribution in [0.1, 0.15) is 311 Å². The summed E-state index contributed by atoms with van der Waals surface area (Å²) < 4.78 is 56.4. The number of unbranched alkanes of at least 4 members (excludes halogenated alkanes) is 36. The van der Waals surface area contributed by atoms with Crippen LogP contribution >= 0.6 is 0 Å². The standard InChI is InChI=1S/C78H129N3O12/c1-7-13-19-25-31-37-43-55-85-70-52-49-67(61-73(70)88-58-46-40-34-28-22-16-10-4)91-76(82)79-64-80(77(83)92-68-50-53-71(86-56-44-38-32-26-20-14-8-2)74(62-68)89-59-47-41-35-29-23-17-11-5)66-81(65-79)78(84)93-69-51-54-72(87-57-45-39-33-27-21-15-9-3)75(63-69)90-60-48-42-36-30-24-18-12-6/h49-54,61-63H,7-48,55-60,64-66H2,1-6H3. The molecular weight excluding hydrogens is 1170 g/mol. The fraction of sp³-hybridized carbons (Fsp3) is 0.731. The quantitative estimate of drug-likeness (QED) is 0.0496. The molecule has 0 saturated carbocycles. The number of benzene rings is 3. The first kappa shape index (κ1) is 79.7. The Kier molecular flexibility index (Phi) is 45.9. The van der Waals surface area contributed by atoms with E-state index in [0.717, 1.165) is 96.3 Å². The van der Waals surface area contributed by atoms with Crippen molar-refractivity contribution in [2.45, 2.75) is 311 Å². The minimum atomic E-state index is -0.799. The maximum atomic E-state index is 14.5. The fourth-order valence-corrected chi connectivity index (χ4v) is 11.4. The summed E-state index contributed by atoms with van der Waals surface area (Å²) in [6, 6.07) is 15.5. The van der Waals surface area contributed by atoms with Crippen LogP contribution in [0.25, 0.3) is 0 Å². The molecule has 3 aromatic rings. The smallest absolute Gasteiger partial charge is 0.418 e. The first-order valence-electron chi connectivity index (χ1n) is 37.8. The largest absolute Gasteiger partial charge is 0.490 e. The molecule has 4 rings (SSSR count). The van der Waals surface area contributed by atoms with Crippen molar-refractivity contribution in [2.75, 3.05) is 59.6 Å². The molecule has 3 amide bonds. The molecule has 1 aliphatic rings. The van der Waals surface area contributed by atoms with Gasteiger partial charge in [-0.1, -0.05) is 273 Å². The lowest BCUT2D eigenvalue weighted by Crippen LogP contribution is -2.60. The predicted octanol–water partition coefficient (Wildman–Crippen LogP) is 23.2. The average Bonchev–Trinajstić information content (AvgIpc) is 0.881. The second kappa shape index (κ2) is 53.5. The van der Waals surface area contributed by atoms with Gasteiger partial charge in [0.05, 0.1) is 39.6 Å². The zero-order valence-electron chi connectivity index (χ0n) is 59.5. The number of hydrogen-bond acceptors (Lipinski definition) is 12. The summed E-state index contributed by atoms with van der Waals surface area (Å²) in [5, 5.41) is 0. The van der Waals surface area contributed by atoms with Crippen LogP contribution in [0.5, 0.6) is 51.7 Å². The Morgan fingerprint density at radius 3 is 0.613 bits per heavy atom. The molecule has 0 aliphatic carbocycles. The summed E-state index contributed by atoms with van der Waals surface area (Å²) in [6.45, 7) is 15.7. The molecule has 1 heterocycles. The van der Waals surface area contributed by atoms with E-state index in [4.69, 9.17) is 42.6 Å². The summed E-state index contributed by atoms with van der Waals surface area (Å²) >= 11 is 0. The van der Waals surface area contributed by atoms with E-state index in [9.17, 15) is 14.4 Å². The second-order valence-electron chi connectivity index (χ2n) is 25.8. The van der Waals surface area contributed by atoms with Crippen LogP contribution in [0.2, 0.25) is 0 Å². The zero-order chi connectivity index (χ0) is 66.5. The van der Waals surface area contributed by atoms with Gasteiger partial charge in [-0.3, -0.25) is 14.7 Å². The number of carbonyl (C=O) groups is 3. The Balaban J connectivity index is 1.59. The van der Waals surface area contributed by atoms with Gasteiger partial charge in [0.25, 0.3) is 0 Å². The molecule has 3 aromatic carbocycles. The molecule has 15 heteroatoms. The lowest BCUT2D eigenvalue weighted by Gasteiger charge is -2.40. The normalized spacial score (nSPS) is 12.3. The van der Waals surface area contributed by atoms with Gasteiger partial charge in [-0.2, -0.15) is 0 Å². The zero-order valence-corrected chi connectivity index (χ0v) is 59.5. The highest BCUT2D eigenvalue weighted by Crippen LogP contribution is 2.36. The van der Waals surface area contributed by atoms with Gasteiger partial charge in [-0.25, -0.2) is 14.4 Å². The molecule has 0 aromatic heterocycles. The van der Waals surface area contributed by atoms with Crippen LogP contribution in [0.4, 0.5) is 14.4 Å². The fourth-order valence-electron chi connectivity index (χ4n) is 11.4. The van der Waals surface area contributed by atoms with Crippen LogP contribution in [0, 0.1) is 0 Å². The monoisotopic (exact) mass is 1300 g/mol. The number of amides is 3. The number of rotatable bonds is 57. The Hall–Kier alpha value is -5.73. The number of ether oxygens (including phenoxy) is 9. The summed E-state index contributed by atoms with van der Waals surface area (Å²) in [5.41, 5.74) is 0. The second-order valence-corrected chi connectivity index (χ2v) is 25.8. The minimum absolute atomic E-state index is 0.225. The molecule has 0 bridgehead atoms. The lowest BCUT2D eigenvalue weighted by atomic mass is 10.1. The molecule has 0 N–H and O–H groups in total. The van der Waals surface area contributed by atoms with Gasteiger partial charge < -0.3 is 42.6 Å². The summed E-state index contributed by atoms with van der Waals surface area (Å²) in [6.07, 6.45) is 46.1. The Morgan fingerprint density at radius 2 is 0.419 bits per heavy atom. The Bertz CT molecular complexity index is 2110. The average molecular weight is 1300 g/mol. The molecule has 0 unspecified atom stereocenters. The van der Waals surface area contributed by atoms with Gasteiger partial charge in [0.2, 0.25) is 0 Å². The van der Waals surface area contributed by atoms with Gasteiger partial charge in [-0.15, -0.1) is 0 Å². The molecule has 528 valence electrons. The molecule has 0 radical (unpaired) electrons. The molecular formula is C78H129N3O12. The van der Waals surface area contributed by atoms with E-state index >= 15 is 0 Å². The van der Waals surface area contributed by atoms with Gasteiger partial charge in [0.15, 0.2) is 34.5 Å². The molecule has 93 heavy (non-hydrogen) atoms. The third kappa shape index (κ3) is 36.7. The van der Waals surface area contributed by atoms with Crippen molar-refractivity contribution in [1.82, 2.24) is 14.7 Å². The third-order valence-corrected chi connectivity index (χ3v) is 17.2. The van der Waals surface area contributed by atoms with E-state index in [1.54, 1.807) is 54.6 Å². The highest BCUT2D eigenvalue weighted by atomic mass is 16.6. The van der Waals surface area contributed by atoms with Gasteiger partial charge in [-0.05, 0) is 74.9 Å². The molecule has 0 atom stereocenters. The highest BCUT2D eigenvalue weighted by molar-refractivity contribution is 5.77. The van der Waals surface area contributed by atoms with Crippen molar-refractivity contribution in [2.24, 2.45) is 0 Å². The van der Waals surface area contributed by atoms with E-state index in [1.807, 2.05) is 0 Å². The summed E-state index contributed by atoms with van der Waals surface area (Å²) in [4.78, 5) is 47.4. The van der Waals surface area contributed by atoms with Crippen LogP contribution < -0.4 is 42.6 Å². The Morgan fingerprint density at radius 1 is 0.247 bits per heavy atom. The number of carbonyl (C=O) groups excluding carboxylic acids is 3. The van der Waals surface area contributed by atoms with Crippen LogP contribution in [-0.4, -0.2) is 92.6 Å². The van der Waals surface area contributed by atoms with Crippen molar-refractivity contribution >= 4 is 18.3 Å². The molecule has 0 spiro atoms. The van der Waals surface area contributed by atoms with Crippen LogP contribution in [0.15, 0.2) is 54.6 Å². The van der Waals surface area contributed by atoms with E-state index < -0.39 is 18.3 Å².